The topological polar surface area (TPSA) is 147 Å². The lowest BCUT2D eigenvalue weighted by Crippen LogP contribution is -2.50. The number of rotatable bonds is 5. The first-order valence-corrected chi connectivity index (χ1v) is 13.8. The van der Waals surface area contributed by atoms with E-state index in [2.05, 4.69) is 38.1 Å². The standard InChI is InChI=1S/C27H34N10O2/c1-17-24(28)27(16-39-17)6-9-35(10-7-27)22-14-29-23-25(32-22)33-34-26(23)37-8-2-3-20-21(37)5-4-19(31-20)18-13-30-36(15-18)11-12-38/h4-5,13-15,17,24,38H,2-3,6-12,16,28H2,1H3,(H,32,33,34)/t17-,24+/m0/s1. The van der Waals surface area contributed by atoms with Crippen LogP contribution in [0.25, 0.3) is 22.4 Å². The molecule has 0 amide bonds. The minimum atomic E-state index is 0.0535. The molecule has 0 aromatic carbocycles. The first kappa shape index (κ1) is 24.4. The van der Waals surface area contributed by atoms with E-state index in [0.717, 1.165) is 91.7 Å². The van der Waals surface area contributed by atoms with E-state index >= 15 is 0 Å². The summed E-state index contributed by atoms with van der Waals surface area (Å²) >= 11 is 0. The molecule has 2 atom stereocenters. The van der Waals surface area contributed by atoms with Gasteiger partial charge in [-0.1, -0.05) is 0 Å². The number of H-pyrrole nitrogens is 1. The number of aliphatic hydroxyl groups excluding tert-OH is 1. The molecule has 7 heterocycles. The number of hydrogen-bond acceptors (Lipinski definition) is 10. The van der Waals surface area contributed by atoms with E-state index in [1.807, 2.05) is 18.5 Å². The number of aliphatic hydroxyl groups is 1. The molecule has 0 saturated carbocycles. The van der Waals surface area contributed by atoms with Gasteiger partial charge in [-0.05, 0) is 44.7 Å². The van der Waals surface area contributed by atoms with Crippen LogP contribution in [0.1, 0.15) is 31.9 Å². The van der Waals surface area contributed by atoms with E-state index in [1.54, 1.807) is 10.9 Å². The molecule has 2 saturated heterocycles. The van der Waals surface area contributed by atoms with Gasteiger partial charge >= 0.3 is 0 Å². The second-order valence-electron chi connectivity index (χ2n) is 11.0. The van der Waals surface area contributed by atoms with Crippen LogP contribution in [-0.2, 0) is 17.7 Å². The molecule has 0 bridgehead atoms. The first-order chi connectivity index (χ1) is 19.0. The van der Waals surface area contributed by atoms with Crippen molar-refractivity contribution in [1.29, 1.82) is 0 Å². The van der Waals surface area contributed by atoms with Gasteiger partial charge in [0.1, 0.15) is 5.82 Å². The van der Waals surface area contributed by atoms with Crippen molar-refractivity contribution in [2.75, 3.05) is 42.6 Å². The van der Waals surface area contributed by atoms with E-state index in [-0.39, 0.29) is 24.2 Å². The molecule has 12 heteroatoms. The second-order valence-corrected chi connectivity index (χ2v) is 11.0. The number of fused-ring (bicyclic) bond motifs is 2. The van der Waals surface area contributed by atoms with Crippen molar-refractivity contribution in [3.8, 4) is 11.3 Å². The van der Waals surface area contributed by atoms with Crippen LogP contribution in [-0.4, -0.2) is 85.0 Å². The molecule has 4 N–H and O–H groups in total. The Kier molecular flexibility index (Phi) is 5.98. The summed E-state index contributed by atoms with van der Waals surface area (Å²) in [6, 6.07) is 4.20. The van der Waals surface area contributed by atoms with E-state index in [1.165, 1.54) is 0 Å². The van der Waals surface area contributed by atoms with Gasteiger partial charge < -0.3 is 25.4 Å². The summed E-state index contributed by atoms with van der Waals surface area (Å²) in [6.07, 6.45) is 9.54. The molecule has 204 valence electrons. The summed E-state index contributed by atoms with van der Waals surface area (Å²) in [7, 11) is 0. The summed E-state index contributed by atoms with van der Waals surface area (Å²) in [4.78, 5) is 19.2. The van der Waals surface area contributed by atoms with Crippen molar-refractivity contribution >= 4 is 28.5 Å². The number of aryl methyl sites for hydroxylation is 1. The number of anilines is 3. The third kappa shape index (κ3) is 4.14. The van der Waals surface area contributed by atoms with Crippen molar-refractivity contribution in [1.82, 2.24) is 34.9 Å². The molecule has 39 heavy (non-hydrogen) atoms. The van der Waals surface area contributed by atoms with Crippen LogP contribution in [0.3, 0.4) is 0 Å². The Hall–Kier alpha value is -3.61. The van der Waals surface area contributed by atoms with E-state index in [4.69, 9.17) is 25.4 Å². The third-order valence-corrected chi connectivity index (χ3v) is 8.72. The molecule has 4 aromatic rings. The van der Waals surface area contributed by atoms with Gasteiger partial charge in [-0.2, -0.15) is 10.2 Å². The van der Waals surface area contributed by atoms with Crippen molar-refractivity contribution in [2.45, 2.75) is 51.3 Å². The average molecular weight is 531 g/mol. The highest BCUT2D eigenvalue weighted by Crippen LogP contribution is 2.42. The number of pyridine rings is 1. The minimum Gasteiger partial charge on any atom is -0.394 e. The zero-order valence-electron chi connectivity index (χ0n) is 22.1. The average Bonchev–Trinajstić information content (AvgIpc) is 3.68. The highest BCUT2D eigenvalue weighted by Gasteiger charge is 2.47. The maximum absolute atomic E-state index is 9.18. The van der Waals surface area contributed by atoms with Gasteiger partial charge in [0.2, 0.25) is 0 Å². The number of nitrogens with zero attached hydrogens (tertiary/aromatic N) is 8. The van der Waals surface area contributed by atoms with Crippen molar-refractivity contribution in [3.05, 3.63) is 36.4 Å². The molecule has 2 fully saturated rings. The Morgan fingerprint density at radius 2 is 2.05 bits per heavy atom. The molecular weight excluding hydrogens is 496 g/mol. The van der Waals surface area contributed by atoms with Crippen LogP contribution < -0.4 is 15.5 Å². The second kappa shape index (κ2) is 9.54. The molecule has 0 radical (unpaired) electrons. The highest BCUT2D eigenvalue weighted by molar-refractivity contribution is 5.87. The summed E-state index contributed by atoms with van der Waals surface area (Å²) in [6.45, 7) is 5.95. The molecule has 0 aliphatic carbocycles. The number of aromatic amines is 1. The monoisotopic (exact) mass is 530 g/mol. The number of nitrogens with one attached hydrogen (secondary N) is 1. The van der Waals surface area contributed by atoms with Gasteiger partial charge in [0.15, 0.2) is 17.0 Å². The Balaban J connectivity index is 1.12. The number of ether oxygens (including phenoxy) is 1. The predicted octanol–water partition coefficient (Wildman–Crippen LogP) is 2.02. The van der Waals surface area contributed by atoms with Crippen LogP contribution in [0.2, 0.25) is 0 Å². The van der Waals surface area contributed by atoms with E-state index in [9.17, 15) is 5.11 Å². The fourth-order valence-electron chi connectivity index (χ4n) is 6.32. The zero-order chi connectivity index (χ0) is 26.6. The van der Waals surface area contributed by atoms with Gasteiger partial charge in [0.05, 0.1) is 55.3 Å². The molecule has 3 aliphatic heterocycles. The Labute approximate surface area is 226 Å². The highest BCUT2D eigenvalue weighted by atomic mass is 16.5. The van der Waals surface area contributed by atoms with Gasteiger partial charge in [0, 0.05) is 42.9 Å². The van der Waals surface area contributed by atoms with Crippen LogP contribution in [0.5, 0.6) is 0 Å². The number of piperidine rings is 1. The van der Waals surface area contributed by atoms with Crippen molar-refractivity contribution in [3.63, 3.8) is 0 Å². The molecule has 7 rings (SSSR count). The summed E-state index contributed by atoms with van der Waals surface area (Å²) in [5.41, 5.74) is 11.9. The van der Waals surface area contributed by atoms with Gasteiger partial charge in [-0.25, -0.2) is 9.97 Å². The quantitative estimate of drug-likeness (QED) is 0.350. The first-order valence-electron chi connectivity index (χ1n) is 13.8. The van der Waals surface area contributed by atoms with Crippen LogP contribution >= 0.6 is 0 Å². The van der Waals surface area contributed by atoms with Gasteiger partial charge in [-0.3, -0.25) is 14.8 Å². The smallest absolute Gasteiger partial charge is 0.183 e. The number of hydrogen-bond donors (Lipinski definition) is 3. The fraction of sp³-hybridized carbons (Fsp3) is 0.519. The molecule has 0 unspecified atom stereocenters. The predicted molar refractivity (Wildman–Crippen MR) is 147 cm³/mol. The van der Waals surface area contributed by atoms with E-state index < -0.39 is 0 Å². The maximum Gasteiger partial charge on any atom is 0.183 e. The summed E-state index contributed by atoms with van der Waals surface area (Å²) in [5.74, 6) is 1.64. The number of aromatic nitrogens is 7. The van der Waals surface area contributed by atoms with Crippen molar-refractivity contribution < 1.29 is 9.84 Å². The normalized spacial score (nSPS) is 22.6. The Bertz CT molecular complexity index is 1490. The maximum atomic E-state index is 9.18. The lowest BCUT2D eigenvalue weighted by atomic mass is 9.73. The third-order valence-electron chi connectivity index (χ3n) is 8.72. The Morgan fingerprint density at radius 1 is 1.18 bits per heavy atom. The molecular formula is C27H34N10O2. The zero-order valence-corrected chi connectivity index (χ0v) is 22.1. The molecule has 1 spiro atoms. The summed E-state index contributed by atoms with van der Waals surface area (Å²) < 4.78 is 7.60. The van der Waals surface area contributed by atoms with Gasteiger partial charge in [-0.15, -0.1) is 0 Å². The lowest BCUT2D eigenvalue weighted by molar-refractivity contribution is 0.0974. The lowest BCUT2D eigenvalue weighted by Gasteiger charge is -2.41. The van der Waals surface area contributed by atoms with Crippen LogP contribution in [0, 0.1) is 5.41 Å². The van der Waals surface area contributed by atoms with Gasteiger partial charge in [0.25, 0.3) is 0 Å². The van der Waals surface area contributed by atoms with Crippen LogP contribution in [0.15, 0.2) is 30.7 Å². The summed E-state index contributed by atoms with van der Waals surface area (Å²) in [5, 5.41) is 21.3. The van der Waals surface area contributed by atoms with E-state index in [0.29, 0.717) is 12.2 Å². The largest absolute Gasteiger partial charge is 0.394 e. The molecule has 12 nitrogen and oxygen atoms in total. The molecule has 4 aromatic heterocycles. The van der Waals surface area contributed by atoms with Crippen molar-refractivity contribution in [2.24, 2.45) is 11.1 Å². The van der Waals surface area contributed by atoms with Crippen LogP contribution in [0.4, 0.5) is 17.3 Å². The fourth-order valence-corrected chi connectivity index (χ4v) is 6.32. The SMILES string of the molecule is C[C@@H]1OCC2(CCN(c3cnc4c(N5CCCc6nc(-c7cnn(CCO)c7)ccc65)n[nH]c4n3)CC2)[C@@H]1N. The number of nitrogens with two attached hydrogens (primary N) is 1. The minimum absolute atomic E-state index is 0.0535. The molecule has 3 aliphatic rings. The Morgan fingerprint density at radius 3 is 2.85 bits per heavy atom.